The summed E-state index contributed by atoms with van der Waals surface area (Å²) in [6.45, 7) is 5.61. The zero-order chi connectivity index (χ0) is 53.3. The van der Waals surface area contributed by atoms with Crippen LogP contribution in [0.5, 0.6) is 0 Å². The predicted molar refractivity (Wildman–Crippen MR) is 301 cm³/mol. The maximum Gasteiger partial charge on any atom is 0.306 e. The van der Waals surface area contributed by atoms with Crippen molar-refractivity contribution >= 4 is 11.9 Å². The summed E-state index contributed by atoms with van der Waals surface area (Å²) in [5.41, 5.74) is 0. The van der Waals surface area contributed by atoms with Crippen molar-refractivity contribution < 1.29 is 49.3 Å². The highest BCUT2D eigenvalue weighted by Crippen LogP contribution is 2.26. The molecule has 1 fully saturated rings. The van der Waals surface area contributed by atoms with Crippen LogP contribution in [0.3, 0.4) is 0 Å². The Morgan fingerprint density at radius 1 is 0.548 bits per heavy atom. The third-order valence-corrected chi connectivity index (χ3v) is 13.7. The van der Waals surface area contributed by atoms with E-state index in [0.29, 0.717) is 12.8 Å². The molecule has 1 aliphatic rings. The van der Waals surface area contributed by atoms with Crippen LogP contribution in [-0.4, -0.2) is 99.6 Å². The number of rotatable bonds is 49. The number of esters is 1. The van der Waals surface area contributed by atoms with E-state index in [2.05, 4.69) is 50.4 Å². The molecule has 0 aliphatic carbocycles. The summed E-state index contributed by atoms with van der Waals surface area (Å²) < 4.78 is 17.6. The zero-order valence-electron chi connectivity index (χ0n) is 46.5. The summed E-state index contributed by atoms with van der Waals surface area (Å²) in [5.74, 6) is -1.22. The number of aliphatic hydroxyl groups excluding tert-OH is 5. The van der Waals surface area contributed by atoms with Gasteiger partial charge in [0.1, 0.15) is 24.4 Å². The van der Waals surface area contributed by atoms with Crippen LogP contribution < -0.4 is 5.32 Å². The van der Waals surface area contributed by atoms with Crippen LogP contribution >= 0.6 is 0 Å². The van der Waals surface area contributed by atoms with Gasteiger partial charge in [-0.3, -0.25) is 9.59 Å². The Bertz CT molecular complexity index is 1460. The van der Waals surface area contributed by atoms with E-state index in [0.717, 1.165) is 77.0 Å². The standard InChI is InChI=1S/C62H109NO10/c1-4-7-10-13-16-19-22-24-26-27-28-29-30-32-35-38-41-44-47-50-57(67)73-60-59(69)58(68)56(51-64)72-62(60)71-52-53(54(65)48-45-42-39-36-33-21-18-15-12-9-6-3)63-61(70)55(66)49-46-43-40-37-34-31-25-23-20-17-14-11-8-5-2/h8,11,14,17,20,23-26,31,45,48,53-56,58-60,62,64-66,68-69H,4-7,9-10,12-13,15-16,18-19,21-22,27-30,32-44,46-47,49-52H2,1-3H3,(H,63,70)/b11-8+,17-14+,23-20+,26-24+,31-25-,48-45+. The van der Waals surface area contributed by atoms with Crippen molar-refractivity contribution in [1.29, 1.82) is 0 Å². The number of ether oxygens (including phenoxy) is 3. The van der Waals surface area contributed by atoms with E-state index in [1.54, 1.807) is 6.08 Å². The van der Waals surface area contributed by atoms with Crippen LogP contribution in [-0.2, 0) is 23.8 Å². The van der Waals surface area contributed by atoms with E-state index in [9.17, 15) is 35.1 Å². The lowest BCUT2D eigenvalue weighted by molar-refractivity contribution is -0.305. The van der Waals surface area contributed by atoms with Gasteiger partial charge in [-0.1, -0.05) is 241 Å². The number of carbonyl (C=O) groups excluding carboxylic acids is 2. The average Bonchev–Trinajstić information content (AvgIpc) is 3.39. The van der Waals surface area contributed by atoms with E-state index in [1.807, 2.05) is 42.5 Å². The molecule has 0 bridgehead atoms. The van der Waals surface area contributed by atoms with E-state index in [-0.39, 0.29) is 19.4 Å². The number of hydrogen-bond acceptors (Lipinski definition) is 10. The highest BCUT2D eigenvalue weighted by molar-refractivity contribution is 5.80. The molecule has 0 aromatic heterocycles. The largest absolute Gasteiger partial charge is 0.454 e. The van der Waals surface area contributed by atoms with Crippen LogP contribution in [0.4, 0.5) is 0 Å². The van der Waals surface area contributed by atoms with Crippen molar-refractivity contribution in [3.63, 3.8) is 0 Å². The lowest BCUT2D eigenvalue weighted by Gasteiger charge is -2.41. The normalized spacial score (nSPS) is 19.9. The van der Waals surface area contributed by atoms with Crippen molar-refractivity contribution in [2.75, 3.05) is 13.2 Å². The van der Waals surface area contributed by atoms with Gasteiger partial charge in [0, 0.05) is 6.42 Å². The Labute approximate surface area is 445 Å². The van der Waals surface area contributed by atoms with Crippen LogP contribution in [0.15, 0.2) is 72.9 Å². The lowest BCUT2D eigenvalue weighted by Crippen LogP contribution is -2.61. The molecule has 0 saturated carbocycles. The first kappa shape index (κ1) is 68.1. The van der Waals surface area contributed by atoms with Gasteiger partial charge >= 0.3 is 5.97 Å². The summed E-state index contributed by atoms with van der Waals surface area (Å²) >= 11 is 0. The number of carbonyl (C=O) groups is 2. The van der Waals surface area contributed by atoms with Crippen molar-refractivity contribution in [2.24, 2.45) is 0 Å². The van der Waals surface area contributed by atoms with Gasteiger partial charge in [-0.25, -0.2) is 0 Å². The molecule has 1 aliphatic heterocycles. The second kappa shape index (κ2) is 49.9. The quantitative estimate of drug-likeness (QED) is 0.0149. The Hall–Kier alpha value is -2.90. The van der Waals surface area contributed by atoms with Gasteiger partial charge in [-0.05, 0) is 70.6 Å². The van der Waals surface area contributed by atoms with Gasteiger partial charge in [0.15, 0.2) is 12.4 Å². The fraction of sp³-hybridized carbons (Fsp3) is 0.774. The van der Waals surface area contributed by atoms with Crippen molar-refractivity contribution in [1.82, 2.24) is 5.32 Å². The zero-order valence-corrected chi connectivity index (χ0v) is 46.5. The minimum Gasteiger partial charge on any atom is -0.454 e. The molecule has 0 aromatic carbocycles. The maximum atomic E-state index is 13.4. The molecule has 1 heterocycles. The maximum absolute atomic E-state index is 13.4. The molecule has 0 radical (unpaired) electrons. The van der Waals surface area contributed by atoms with Crippen LogP contribution in [0, 0.1) is 0 Å². The van der Waals surface area contributed by atoms with Crippen molar-refractivity contribution in [3.05, 3.63) is 72.9 Å². The van der Waals surface area contributed by atoms with Gasteiger partial charge < -0.3 is 45.1 Å². The third kappa shape index (κ3) is 38.3. The molecule has 8 unspecified atom stereocenters. The van der Waals surface area contributed by atoms with E-state index >= 15 is 0 Å². The molecule has 422 valence electrons. The summed E-state index contributed by atoms with van der Waals surface area (Å²) in [7, 11) is 0. The van der Waals surface area contributed by atoms with E-state index < -0.39 is 67.4 Å². The number of amides is 1. The Balaban J connectivity index is 2.69. The number of nitrogens with one attached hydrogen (secondary N) is 1. The van der Waals surface area contributed by atoms with Gasteiger partial charge in [0.2, 0.25) is 5.91 Å². The summed E-state index contributed by atoms with van der Waals surface area (Å²) in [4.78, 5) is 26.5. The van der Waals surface area contributed by atoms with Crippen LogP contribution in [0.2, 0.25) is 0 Å². The van der Waals surface area contributed by atoms with Gasteiger partial charge in [-0.2, -0.15) is 0 Å². The van der Waals surface area contributed by atoms with Gasteiger partial charge in [0.25, 0.3) is 0 Å². The molecule has 11 nitrogen and oxygen atoms in total. The average molecular weight is 1030 g/mol. The molecule has 1 amide bonds. The Morgan fingerprint density at radius 3 is 1.52 bits per heavy atom. The summed E-state index contributed by atoms with van der Waals surface area (Å²) in [5, 5.41) is 56.8. The minimum atomic E-state index is -1.62. The fourth-order valence-corrected chi connectivity index (χ4v) is 8.95. The topological polar surface area (TPSA) is 175 Å². The molecular weight excluding hydrogens is 919 g/mol. The first-order valence-corrected chi connectivity index (χ1v) is 29.8. The van der Waals surface area contributed by atoms with Crippen molar-refractivity contribution in [3.8, 4) is 0 Å². The highest BCUT2D eigenvalue weighted by atomic mass is 16.7. The molecule has 8 atom stereocenters. The molecule has 0 spiro atoms. The molecular formula is C62H109NO10. The number of allylic oxidation sites excluding steroid dienone is 11. The first-order valence-electron chi connectivity index (χ1n) is 29.8. The Morgan fingerprint density at radius 2 is 1.00 bits per heavy atom. The SMILES string of the molecule is CC/C=C/C=C/C=C/C=C\CCCCCCC(O)C(=O)NC(COC1OC(CO)C(O)C(O)C1OC(=O)CCCCCCCCCCC/C=C/CCCCCCCC)C(O)/C=C/CCCCCCCCCCC. The van der Waals surface area contributed by atoms with Crippen LogP contribution in [0.1, 0.15) is 245 Å². The molecule has 11 heteroatoms. The van der Waals surface area contributed by atoms with Crippen LogP contribution in [0.25, 0.3) is 0 Å². The Kier molecular flexibility index (Phi) is 46.6. The monoisotopic (exact) mass is 1030 g/mol. The minimum absolute atomic E-state index is 0.116. The number of hydrogen-bond donors (Lipinski definition) is 6. The first-order chi connectivity index (χ1) is 35.7. The molecule has 1 rings (SSSR count). The second-order valence-corrected chi connectivity index (χ2v) is 20.4. The van der Waals surface area contributed by atoms with E-state index in [4.69, 9.17) is 14.2 Å². The van der Waals surface area contributed by atoms with Gasteiger partial charge in [-0.15, -0.1) is 0 Å². The van der Waals surface area contributed by atoms with Gasteiger partial charge in [0.05, 0.1) is 25.4 Å². The lowest BCUT2D eigenvalue weighted by atomic mass is 9.99. The molecule has 1 saturated heterocycles. The summed E-state index contributed by atoms with van der Waals surface area (Å²) in [6.07, 6.45) is 52.3. The number of aliphatic hydroxyl groups is 5. The van der Waals surface area contributed by atoms with Crippen molar-refractivity contribution in [2.45, 2.75) is 294 Å². The molecule has 0 aromatic rings. The predicted octanol–water partition coefficient (Wildman–Crippen LogP) is 13.6. The third-order valence-electron chi connectivity index (χ3n) is 13.7. The smallest absolute Gasteiger partial charge is 0.306 e. The number of unbranched alkanes of at least 4 members (excludes halogenated alkanes) is 28. The van der Waals surface area contributed by atoms with E-state index in [1.165, 1.54) is 122 Å². The highest BCUT2D eigenvalue weighted by Gasteiger charge is 2.47. The second-order valence-electron chi connectivity index (χ2n) is 20.4. The fourth-order valence-electron chi connectivity index (χ4n) is 8.95. The summed E-state index contributed by atoms with van der Waals surface area (Å²) in [6, 6.07) is -1.04. The molecule has 73 heavy (non-hydrogen) atoms. The molecule has 6 N–H and O–H groups in total.